The van der Waals surface area contributed by atoms with Gasteiger partial charge in [-0.2, -0.15) is 0 Å². The van der Waals surface area contributed by atoms with E-state index in [9.17, 15) is 4.79 Å². The second kappa shape index (κ2) is 7.21. The first-order valence-electron chi connectivity index (χ1n) is 8.42. The average Bonchev–Trinajstić information content (AvgIpc) is 3.41. The van der Waals surface area contributed by atoms with Crippen molar-refractivity contribution in [1.82, 2.24) is 10.2 Å². The van der Waals surface area contributed by atoms with Crippen LogP contribution in [0.1, 0.15) is 31.2 Å². The zero-order valence-electron chi connectivity index (χ0n) is 14.0. The van der Waals surface area contributed by atoms with E-state index in [1.54, 1.807) is 14.2 Å². The lowest BCUT2D eigenvalue weighted by molar-refractivity contribution is -0.123. The Kier molecular flexibility index (Phi) is 5.06. The van der Waals surface area contributed by atoms with Crippen LogP contribution in [-0.4, -0.2) is 44.2 Å². The number of nitrogens with one attached hydrogen (secondary N) is 1. The van der Waals surface area contributed by atoms with Gasteiger partial charge in [0.15, 0.2) is 0 Å². The van der Waals surface area contributed by atoms with Crippen molar-refractivity contribution >= 4 is 5.91 Å². The Morgan fingerprint density at radius 1 is 1.09 bits per heavy atom. The number of methoxy groups -OCH3 is 2. The molecule has 2 fully saturated rings. The van der Waals surface area contributed by atoms with Crippen LogP contribution in [0.4, 0.5) is 0 Å². The normalized spacial score (nSPS) is 19.4. The third-order valence-electron chi connectivity index (χ3n) is 4.70. The number of nitrogens with zero attached hydrogens (tertiary/aromatic N) is 1. The number of likely N-dealkylation sites (tertiary alicyclic amines) is 1. The number of piperidine rings is 1. The van der Waals surface area contributed by atoms with E-state index >= 15 is 0 Å². The molecule has 1 aliphatic carbocycles. The van der Waals surface area contributed by atoms with E-state index in [0.717, 1.165) is 56.8 Å². The second-order valence-corrected chi connectivity index (χ2v) is 6.55. The minimum absolute atomic E-state index is 0.265. The molecule has 1 aromatic carbocycles. The third-order valence-corrected chi connectivity index (χ3v) is 4.70. The molecule has 5 nitrogen and oxygen atoms in total. The van der Waals surface area contributed by atoms with Gasteiger partial charge in [-0.3, -0.25) is 9.69 Å². The Morgan fingerprint density at radius 2 is 1.70 bits per heavy atom. The summed E-state index contributed by atoms with van der Waals surface area (Å²) in [5, 5.41) is 3.20. The van der Waals surface area contributed by atoms with Crippen molar-refractivity contribution in [2.24, 2.45) is 5.92 Å². The summed E-state index contributed by atoms with van der Waals surface area (Å²) < 4.78 is 10.7. The van der Waals surface area contributed by atoms with Crippen molar-refractivity contribution in [3.05, 3.63) is 23.8 Å². The molecule has 23 heavy (non-hydrogen) atoms. The van der Waals surface area contributed by atoms with Crippen LogP contribution in [0.25, 0.3) is 0 Å². The summed E-state index contributed by atoms with van der Waals surface area (Å²) >= 11 is 0. The molecule has 0 spiro atoms. The highest BCUT2D eigenvalue weighted by Gasteiger charge is 2.31. The Bertz CT molecular complexity index is 527. The van der Waals surface area contributed by atoms with Crippen LogP contribution < -0.4 is 14.8 Å². The first-order chi connectivity index (χ1) is 11.2. The van der Waals surface area contributed by atoms with Gasteiger partial charge >= 0.3 is 0 Å². The van der Waals surface area contributed by atoms with Gasteiger partial charge in [0.2, 0.25) is 5.91 Å². The number of hydrogen-bond acceptors (Lipinski definition) is 4. The first kappa shape index (κ1) is 16.1. The van der Waals surface area contributed by atoms with Crippen molar-refractivity contribution in [1.29, 1.82) is 0 Å². The Labute approximate surface area is 137 Å². The molecule has 2 aliphatic rings. The molecular weight excluding hydrogens is 292 g/mol. The van der Waals surface area contributed by atoms with E-state index in [4.69, 9.17) is 9.47 Å². The molecule has 126 valence electrons. The number of amides is 1. The van der Waals surface area contributed by atoms with Gasteiger partial charge in [-0.25, -0.2) is 0 Å². The monoisotopic (exact) mass is 318 g/mol. The van der Waals surface area contributed by atoms with E-state index in [1.807, 2.05) is 6.07 Å². The summed E-state index contributed by atoms with van der Waals surface area (Å²) in [5.74, 6) is 2.22. The highest BCUT2D eigenvalue weighted by atomic mass is 16.5. The smallest absolute Gasteiger partial charge is 0.223 e. The lowest BCUT2D eigenvalue weighted by Gasteiger charge is -2.32. The molecule has 0 radical (unpaired) electrons. The molecule has 0 aromatic heterocycles. The molecule has 5 heteroatoms. The summed E-state index contributed by atoms with van der Waals surface area (Å²) in [7, 11) is 3.35. The predicted octanol–water partition coefficient (Wildman–Crippen LogP) is 2.19. The maximum Gasteiger partial charge on any atom is 0.223 e. The fourth-order valence-electron chi connectivity index (χ4n) is 3.12. The Balaban J connectivity index is 1.51. The fraction of sp³-hybridized carbons (Fsp3) is 0.611. The SMILES string of the molecule is COc1cc(CN2CCC(NC(=O)C3CC3)CC2)cc(OC)c1. The van der Waals surface area contributed by atoms with Gasteiger partial charge in [0.1, 0.15) is 11.5 Å². The molecule has 1 amide bonds. The largest absolute Gasteiger partial charge is 0.497 e. The highest BCUT2D eigenvalue weighted by molar-refractivity contribution is 5.81. The quantitative estimate of drug-likeness (QED) is 0.873. The zero-order valence-corrected chi connectivity index (χ0v) is 14.0. The van der Waals surface area contributed by atoms with E-state index in [2.05, 4.69) is 22.3 Å². The summed E-state index contributed by atoms with van der Waals surface area (Å²) in [6.07, 6.45) is 4.20. The van der Waals surface area contributed by atoms with Crippen LogP contribution in [0.3, 0.4) is 0 Å². The van der Waals surface area contributed by atoms with Gasteiger partial charge in [0, 0.05) is 37.7 Å². The van der Waals surface area contributed by atoms with Crippen LogP contribution in [0, 0.1) is 5.92 Å². The number of ether oxygens (including phenoxy) is 2. The molecule has 1 heterocycles. The minimum Gasteiger partial charge on any atom is -0.497 e. The van der Waals surface area contributed by atoms with Gasteiger partial charge in [-0.1, -0.05) is 0 Å². The van der Waals surface area contributed by atoms with Gasteiger partial charge in [0.25, 0.3) is 0 Å². The molecule has 0 atom stereocenters. The van der Waals surface area contributed by atoms with Crippen LogP contribution in [0.15, 0.2) is 18.2 Å². The maximum atomic E-state index is 11.8. The summed E-state index contributed by atoms with van der Waals surface area (Å²) in [4.78, 5) is 14.3. The molecule has 1 N–H and O–H groups in total. The van der Waals surface area contributed by atoms with Crippen molar-refractivity contribution in [2.75, 3.05) is 27.3 Å². The predicted molar refractivity (Wildman–Crippen MR) is 88.7 cm³/mol. The van der Waals surface area contributed by atoms with E-state index in [-0.39, 0.29) is 5.91 Å². The summed E-state index contributed by atoms with van der Waals surface area (Å²) in [6.45, 7) is 2.90. The highest BCUT2D eigenvalue weighted by Crippen LogP contribution is 2.29. The van der Waals surface area contributed by atoms with E-state index < -0.39 is 0 Å². The number of hydrogen-bond donors (Lipinski definition) is 1. The standard InChI is InChI=1S/C18H26N2O3/c1-22-16-9-13(10-17(11-16)23-2)12-20-7-5-15(6-8-20)19-18(21)14-3-4-14/h9-11,14-15H,3-8,12H2,1-2H3,(H,19,21). The molecule has 1 aliphatic heterocycles. The van der Waals surface area contributed by atoms with Crippen molar-refractivity contribution in [3.8, 4) is 11.5 Å². The summed E-state index contributed by atoms with van der Waals surface area (Å²) in [5.41, 5.74) is 1.20. The summed E-state index contributed by atoms with van der Waals surface area (Å²) in [6, 6.07) is 6.36. The van der Waals surface area contributed by atoms with Crippen LogP contribution in [-0.2, 0) is 11.3 Å². The first-order valence-corrected chi connectivity index (χ1v) is 8.42. The van der Waals surface area contributed by atoms with Crippen LogP contribution in [0.5, 0.6) is 11.5 Å². The van der Waals surface area contributed by atoms with Gasteiger partial charge in [-0.15, -0.1) is 0 Å². The van der Waals surface area contributed by atoms with E-state index in [1.165, 1.54) is 5.56 Å². The third kappa shape index (κ3) is 4.38. The van der Waals surface area contributed by atoms with Gasteiger partial charge < -0.3 is 14.8 Å². The fourth-order valence-corrected chi connectivity index (χ4v) is 3.12. The lowest BCUT2D eigenvalue weighted by atomic mass is 10.0. The topological polar surface area (TPSA) is 50.8 Å². The van der Waals surface area contributed by atoms with Crippen LogP contribution >= 0.6 is 0 Å². The zero-order chi connectivity index (χ0) is 16.2. The molecule has 0 bridgehead atoms. The minimum atomic E-state index is 0.265. The average molecular weight is 318 g/mol. The molecule has 0 unspecified atom stereocenters. The number of carbonyl (C=O) groups excluding carboxylic acids is 1. The molecule has 3 rings (SSSR count). The number of benzene rings is 1. The van der Waals surface area contributed by atoms with Crippen LogP contribution in [0.2, 0.25) is 0 Å². The molecule has 1 saturated carbocycles. The molecule has 1 saturated heterocycles. The molecule has 1 aromatic rings. The van der Waals surface area contributed by atoms with Crippen molar-refractivity contribution in [2.45, 2.75) is 38.3 Å². The molecular formula is C18H26N2O3. The van der Waals surface area contributed by atoms with Gasteiger partial charge in [0.05, 0.1) is 14.2 Å². The van der Waals surface area contributed by atoms with Gasteiger partial charge in [-0.05, 0) is 43.4 Å². The Morgan fingerprint density at radius 3 is 2.22 bits per heavy atom. The second-order valence-electron chi connectivity index (χ2n) is 6.55. The van der Waals surface area contributed by atoms with Crippen molar-refractivity contribution in [3.63, 3.8) is 0 Å². The number of rotatable bonds is 6. The number of carbonyl (C=O) groups is 1. The maximum absolute atomic E-state index is 11.8. The van der Waals surface area contributed by atoms with E-state index in [0.29, 0.717) is 12.0 Å². The lowest BCUT2D eigenvalue weighted by Crippen LogP contribution is -2.44. The van der Waals surface area contributed by atoms with Crippen molar-refractivity contribution < 1.29 is 14.3 Å². The Hall–Kier alpha value is -1.75.